The van der Waals surface area contributed by atoms with Gasteiger partial charge >= 0.3 is 0 Å². The largest absolute Gasteiger partial charge is 0.354 e. The van der Waals surface area contributed by atoms with Crippen molar-refractivity contribution in [2.45, 2.75) is 31.6 Å². The van der Waals surface area contributed by atoms with Crippen LogP contribution in [0.4, 0.5) is 5.69 Å². The lowest BCUT2D eigenvalue weighted by Crippen LogP contribution is -2.40. The molecule has 2 aromatic rings. The summed E-state index contributed by atoms with van der Waals surface area (Å²) >= 11 is 1.74. The maximum Gasteiger partial charge on any atom is 0.240 e. The Morgan fingerprint density at radius 1 is 1.07 bits per heavy atom. The second-order valence-electron chi connectivity index (χ2n) is 6.65. The van der Waals surface area contributed by atoms with Gasteiger partial charge in [-0.25, -0.2) is 8.42 Å². The Bertz CT molecular complexity index is 864. The van der Waals surface area contributed by atoms with Crippen molar-refractivity contribution in [2.24, 2.45) is 0 Å². The first-order valence-corrected chi connectivity index (χ1v) is 12.2. The summed E-state index contributed by atoms with van der Waals surface area (Å²) in [5, 5.41) is 2.81. The van der Waals surface area contributed by atoms with Crippen molar-refractivity contribution >= 4 is 33.4 Å². The Labute approximate surface area is 172 Å². The first kappa shape index (κ1) is 22.3. The monoisotopic (exact) mass is 420 g/mol. The molecule has 0 saturated heterocycles. The SMILES string of the molecule is CCc1ccc(N(CC(=O)NCCCSc2ccc(C)cc2)S(C)(=O)=O)cc1. The number of aryl methyl sites for hydroxylation is 2. The fourth-order valence-electron chi connectivity index (χ4n) is 2.61. The zero-order valence-corrected chi connectivity index (χ0v) is 18.3. The summed E-state index contributed by atoms with van der Waals surface area (Å²) < 4.78 is 25.4. The van der Waals surface area contributed by atoms with E-state index in [9.17, 15) is 13.2 Å². The van der Waals surface area contributed by atoms with Crippen LogP contribution in [0, 0.1) is 6.92 Å². The second kappa shape index (κ2) is 10.5. The minimum atomic E-state index is -3.54. The van der Waals surface area contributed by atoms with E-state index in [0.717, 1.165) is 34.7 Å². The summed E-state index contributed by atoms with van der Waals surface area (Å²) in [6.07, 6.45) is 2.81. The third-order valence-corrected chi connectivity index (χ3v) is 6.49. The maximum absolute atomic E-state index is 12.2. The molecule has 0 heterocycles. The molecule has 2 rings (SSSR count). The first-order chi connectivity index (χ1) is 13.3. The molecular formula is C21H28N2O3S2. The molecule has 0 aliphatic rings. The molecule has 0 bridgehead atoms. The molecule has 0 atom stereocenters. The topological polar surface area (TPSA) is 66.5 Å². The van der Waals surface area contributed by atoms with Gasteiger partial charge in [0.05, 0.1) is 11.9 Å². The molecule has 5 nitrogen and oxygen atoms in total. The van der Waals surface area contributed by atoms with E-state index in [1.165, 1.54) is 10.5 Å². The fraction of sp³-hybridized carbons (Fsp3) is 0.381. The number of thioether (sulfide) groups is 1. The Morgan fingerprint density at radius 2 is 1.71 bits per heavy atom. The van der Waals surface area contributed by atoms with Crippen LogP contribution in [0.15, 0.2) is 53.4 Å². The molecule has 0 fully saturated rings. The van der Waals surface area contributed by atoms with Crippen LogP contribution >= 0.6 is 11.8 Å². The normalized spacial score (nSPS) is 11.2. The number of amides is 1. The molecule has 2 aromatic carbocycles. The van der Waals surface area contributed by atoms with Crippen LogP contribution in [0.2, 0.25) is 0 Å². The van der Waals surface area contributed by atoms with Crippen molar-refractivity contribution in [3.05, 3.63) is 59.7 Å². The Kier molecular flexibility index (Phi) is 8.38. The Hall–Kier alpha value is -1.99. The van der Waals surface area contributed by atoms with Crippen molar-refractivity contribution in [2.75, 3.05) is 29.4 Å². The standard InChI is InChI=1S/C21H28N2O3S2/c1-4-18-8-10-19(11-9-18)23(28(3,25)26)16-21(24)22-14-5-15-27-20-12-6-17(2)7-13-20/h6-13H,4-5,14-16H2,1-3H3,(H,22,24). The first-order valence-electron chi connectivity index (χ1n) is 9.32. The van der Waals surface area contributed by atoms with E-state index >= 15 is 0 Å². The van der Waals surface area contributed by atoms with E-state index in [0.29, 0.717) is 12.2 Å². The maximum atomic E-state index is 12.2. The number of rotatable bonds is 10. The molecule has 28 heavy (non-hydrogen) atoms. The van der Waals surface area contributed by atoms with Gasteiger partial charge in [0.1, 0.15) is 6.54 Å². The predicted octanol–water partition coefficient (Wildman–Crippen LogP) is 3.62. The Balaban J connectivity index is 1.82. The highest BCUT2D eigenvalue weighted by molar-refractivity contribution is 7.99. The van der Waals surface area contributed by atoms with Gasteiger partial charge in [0.25, 0.3) is 0 Å². The number of carbonyl (C=O) groups is 1. The molecule has 0 unspecified atom stereocenters. The third-order valence-electron chi connectivity index (χ3n) is 4.25. The summed E-state index contributed by atoms with van der Waals surface area (Å²) in [7, 11) is -3.54. The van der Waals surface area contributed by atoms with Crippen LogP contribution in [0.1, 0.15) is 24.5 Å². The van der Waals surface area contributed by atoms with Crippen molar-refractivity contribution in [1.29, 1.82) is 0 Å². The third kappa shape index (κ3) is 7.20. The smallest absolute Gasteiger partial charge is 0.240 e. The molecule has 152 valence electrons. The van der Waals surface area contributed by atoms with Gasteiger partial charge in [0, 0.05) is 11.4 Å². The predicted molar refractivity (Wildman–Crippen MR) is 118 cm³/mol. The molecule has 0 radical (unpaired) electrons. The molecule has 1 amide bonds. The molecule has 0 saturated carbocycles. The van der Waals surface area contributed by atoms with E-state index < -0.39 is 10.0 Å². The van der Waals surface area contributed by atoms with Crippen LogP contribution < -0.4 is 9.62 Å². The van der Waals surface area contributed by atoms with Gasteiger partial charge in [-0.05, 0) is 55.3 Å². The number of sulfonamides is 1. The van der Waals surface area contributed by atoms with Crippen LogP contribution in [0.25, 0.3) is 0 Å². The van der Waals surface area contributed by atoms with E-state index in [1.54, 1.807) is 23.9 Å². The number of nitrogens with one attached hydrogen (secondary N) is 1. The van der Waals surface area contributed by atoms with Gasteiger partial charge in [-0.3, -0.25) is 9.10 Å². The highest BCUT2D eigenvalue weighted by Gasteiger charge is 2.20. The highest BCUT2D eigenvalue weighted by atomic mass is 32.2. The van der Waals surface area contributed by atoms with E-state index in [4.69, 9.17) is 0 Å². The van der Waals surface area contributed by atoms with Crippen LogP contribution in [-0.2, 0) is 21.2 Å². The minimum Gasteiger partial charge on any atom is -0.354 e. The summed E-state index contributed by atoms with van der Waals surface area (Å²) in [4.78, 5) is 13.4. The van der Waals surface area contributed by atoms with E-state index in [2.05, 4.69) is 36.5 Å². The number of hydrogen-bond donors (Lipinski definition) is 1. The van der Waals surface area contributed by atoms with Gasteiger partial charge < -0.3 is 5.32 Å². The Morgan fingerprint density at radius 3 is 2.29 bits per heavy atom. The van der Waals surface area contributed by atoms with Crippen LogP contribution in [0.3, 0.4) is 0 Å². The average molecular weight is 421 g/mol. The summed E-state index contributed by atoms with van der Waals surface area (Å²) in [5.41, 5.74) is 2.86. The number of carbonyl (C=O) groups excluding carboxylic acids is 1. The lowest BCUT2D eigenvalue weighted by atomic mass is 10.1. The van der Waals surface area contributed by atoms with Crippen LogP contribution in [-0.4, -0.2) is 39.4 Å². The van der Waals surface area contributed by atoms with Gasteiger partial charge in [-0.1, -0.05) is 36.8 Å². The molecule has 0 aliphatic heterocycles. The number of hydrogen-bond acceptors (Lipinski definition) is 4. The van der Waals surface area contributed by atoms with Gasteiger partial charge in [-0.15, -0.1) is 11.8 Å². The molecular weight excluding hydrogens is 392 g/mol. The van der Waals surface area contributed by atoms with Crippen molar-refractivity contribution < 1.29 is 13.2 Å². The van der Waals surface area contributed by atoms with Crippen molar-refractivity contribution in [3.8, 4) is 0 Å². The van der Waals surface area contributed by atoms with E-state index in [1.807, 2.05) is 19.1 Å². The number of nitrogens with zero attached hydrogens (tertiary/aromatic N) is 1. The lowest BCUT2D eigenvalue weighted by molar-refractivity contribution is -0.119. The van der Waals surface area contributed by atoms with Crippen molar-refractivity contribution in [3.63, 3.8) is 0 Å². The number of benzene rings is 2. The quantitative estimate of drug-likeness (QED) is 0.471. The summed E-state index contributed by atoms with van der Waals surface area (Å²) in [5.74, 6) is 0.586. The minimum absolute atomic E-state index is 0.213. The second-order valence-corrected chi connectivity index (χ2v) is 9.73. The summed E-state index contributed by atoms with van der Waals surface area (Å²) in [6.45, 7) is 4.40. The van der Waals surface area contributed by atoms with Crippen molar-refractivity contribution in [1.82, 2.24) is 5.32 Å². The highest BCUT2D eigenvalue weighted by Crippen LogP contribution is 2.19. The lowest BCUT2D eigenvalue weighted by Gasteiger charge is -2.22. The average Bonchev–Trinajstić information content (AvgIpc) is 2.66. The molecule has 7 heteroatoms. The zero-order chi connectivity index (χ0) is 20.6. The van der Waals surface area contributed by atoms with Crippen LogP contribution in [0.5, 0.6) is 0 Å². The zero-order valence-electron chi connectivity index (χ0n) is 16.6. The molecule has 0 aromatic heterocycles. The number of anilines is 1. The fourth-order valence-corrected chi connectivity index (χ4v) is 4.32. The van der Waals surface area contributed by atoms with Gasteiger partial charge in [0.2, 0.25) is 15.9 Å². The molecule has 0 spiro atoms. The van der Waals surface area contributed by atoms with E-state index in [-0.39, 0.29) is 12.5 Å². The molecule has 0 aliphatic carbocycles. The van der Waals surface area contributed by atoms with Gasteiger partial charge in [0.15, 0.2) is 0 Å². The summed E-state index contributed by atoms with van der Waals surface area (Å²) in [6, 6.07) is 15.6. The van der Waals surface area contributed by atoms with Gasteiger partial charge in [-0.2, -0.15) is 0 Å². The molecule has 1 N–H and O–H groups in total.